The summed E-state index contributed by atoms with van der Waals surface area (Å²) in [5.74, 6) is 1.11. The standard InChI is InChI=1S/C33H40Cl2N6O3/c1-19(42)14-21-15-22(16-21)38-13-12-27(37-3)32(43-4)40-20(2)23-8-6-9-24(30(23)34)25-10-7-11-26(31(25)35)29-18-39-28(17-36)33(41-29)44-5/h6-11,18,21-22,32,38,40H,2,12-17,36H2,1,3-5H3/b37-27-. The van der Waals surface area contributed by atoms with Gasteiger partial charge in [-0.05, 0) is 25.7 Å². The van der Waals surface area contributed by atoms with Crippen molar-refractivity contribution < 1.29 is 14.3 Å². The smallest absolute Gasteiger partial charge is 0.237 e. The zero-order valence-corrected chi connectivity index (χ0v) is 27.1. The molecular formula is C33H40Cl2N6O3. The van der Waals surface area contributed by atoms with Crippen molar-refractivity contribution in [3.8, 4) is 28.3 Å². The number of carbonyl (C=O) groups excluding carboxylic acids is 1. The maximum Gasteiger partial charge on any atom is 0.237 e. The highest BCUT2D eigenvalue weighted by Crippen LogP contribution is 2.41. The van der Waals surface area contributed by atoms with Crippen molar-refractivity contribution in [1.82, 2.24) is 20.6 Å². The van der Waals surface area contributed by atoms with Gasteiger partial charge in [-0.3, -0.25) is 9.98 Å². The second-order valence-electron chi connectivity index (χ2n) is 10.8. The minimum Gasteiger partial charge on any atom is -0.480 e. The fourth-order valence-corrected chi connectivity index (χ4v) is 6.16. The number of nitrogens with zero attached hydrogens (tertiary/aromatic N) is 3. The lowest BCUT2D eigenvalue weighted by Crippen LogP contribution is -2.44. The highest BCUT2D eigenvalue weighted by Gasteiger charge is 2.29. The SMILES string of the molecule is C=C(NC(OC)/C(CCNC1CC(CC(C)=O)C1)=N\C)c1cccc(-c2cccc(-c3cnc(CN)c(OC)n3)c2Cl)c1Cl. The maximum absolute atomic E-state index is 11.3. The number of ether oxygens (including phenoxy) is 2. The number of rotatable bonds is 15. The molecule has 0 spiro atoms. The average Bonchev–Trinajstić information content (AvgIpc) is 3.00. The van der Waals surface area contributed by atoms with Gasteiger partial charge in [0.1, 0.15) is 11.5 Å². The molecule has 4 rings (SSSR count). The third-order valence-electron chi connectivity index (χ3n) is 7.84. The number of halogens is 2. The molecule has 0 radical (unpaired) electrons. The van der Waals surface area contributed by atoms with Gasteiger partial charge in [0.05, 0.1) is 34.8 Å². The van der Waals surface area contributed by atoms with Crippen LogP contribution in [0.25, 0.3) is 28.1 Å². The van der Waals surface area contributed by atoms with E-state index in [2.05, 4.69) is 32.2 Å². The molecule has 234 valence electrons. The van der Waals surface area contributed by atoms with Crippen LogP contribution in [0.3, 0.4) is 0 Å². The number of Topliss-reactive ketones (excluding diaryl/α,β-unsaturated/α-hetero) is 1. The van der Waals surface area contributed by atoms with Crippen LogP contribution in [0.2, 0.25) is 10.0 Å². The van der Waals surface area contributed by atoms with E-state index in [1.54, 1.807) is 27.3 Å². The minimum absolute atomic E-state index is 0.209. The Morgan fingerprint density at radius 3 is 2.45 bits per heavy atom. The monoisotopic (exact) mass is 638 g/mol. The van der Waals surface area contributed by atoms with Crippen LogP contribution >= 0.6 is 23.2 Å². The summed E-state index contributed by atoms with van der Waals surface area (Å²) in [5, 5.41) is 7.88. The molecule has 1 unspecified atom stereocenters. The number of nitrogens with one attached hydrogen (secondary N) is 2. The Morgan fingerprint density at radius 1 is 1.14 bits per heavy atom. The summed E-state index contributed by atoms with van der Waals surface area (Å²) in [4.78, 5) is 24.8. The van der Waals surface area contributed by atoms with Crippen molar-refractivity contribution >= 4 is 40.4 Å². The van der Waals surface area contributed by atoms with Gasteiger partial charge < -0.3 is 30.6 Å². The molecule has 1 aromatic heterocycles. The van der Waals surface area contributed by atoms with Crippen LogP contribution in [0.1, 0.15) is 43.9 Å². The quantitative estimate of drug-likeness (QED) is 0.138. The molecule has 4 N–H and O–H groups in total. The Hall–Kier alpha value is -3.34. The number of aromatic nitrogens is 2. The third kappa shape index (κ3) is 7.83. The topological polar surface area (TPSA) is 124 Å². The number of hydrogen-bond acceptors (Lipinski definition) is 9. The number of methoxy groups -OCH3 is 2. The summed E-state index contributed by atoms with van der Waals surface area (Å²) >= 11 is 13.9. The summed E-state index contributed by atoms with van der Waals surface area (Å²) in [5.41, 5.74) is 11.2. The van der Waals surface area contributed by atoms with Gasteiger partial charge in [-0.2, -0.15) is 0 Å². The molecule has 44 heavy (non-hydrogen) atoms. The normalized spacial score (nSPS) is 17.1. The zero-order valence-electron chi connectivity index (χ0n) is 25.6. The fourth-order valence-electron chi connectivity index (χ4n) is 5.50. The molecule has 0 bridgehead atoms. The van der Waals surface area contributed by atoms with E-state index < -0.39 is 6.23 Å². The Balaban J connectivity index is 1.47. The number of benzene rings is 2. The maximum atomic E-state index is 11.3. The first-order chi connectivity index (χ1) is 21.2. The predicted molar refractivity (Wildman–Crippen MR) is 178 cm³/mol. The summed E-state index contributed by atoms with van der Waals surface area (Å²) in [6.45, 7) is 6.89. The van der Waals surface area contributed by atoms with Gasteiger partial charge in [0, 0.05) is 74.1 Å². The molecule has 1 fully saturated rings. The van der Waals surface area contributed by atoms with E-state index in [-0.39, 0.29) is 12.3 Å². The van der Waals surface area contributed by atoms with E-state index in [1.807, 2.05) is 36.4 Å². The van der Waals surface area contributed by atoms with Crippen LogP contribution in [-0.2, 0) is 16.1 Å². The summed E-state index contributed by atoms with van der Waals surface area (Å²) in [6, 6.07) is 11.8. The molecule has 1 heterocycles. The summed E-state index contributed by atoms with van der Waals surface area (Å²) in [7, 11) is 4.91. The van der Waals surface area contributed by atoms with Crippen molar-refractivity contribution in [2.45, 2.75) is 51.4 Å². The van der Waals surface area contributed by atoms with Crippen LogP contribution in [-0.4, -0.2) is 61.5 Å². The van der Waals surface area contributed by atoms with Crippen molar-refractivity contribution in [3.05, 3.63) is 70.5 Å². The molecule has 9 nitrogen and oxygen atoms in total. The van der Waals surface area contributed by atoms with Gasteiger partial charge in [-0.25, -0.2) is 4.98 Å². The second-order valence-corrected chi connectivity index (χ2v) is 11.6. The first-order valence-corrected chi connectivity index (χ1v) is 15.3. The van der Waals surface area contributed by atoms with Crippen molar-refractivity contribution in [2.24, 2.45) is 16.6 Å². The summed E-state index contributed by atoms with van der Waals surface area (Å²) in [6.07, 6.45) is 4.57. The molecule has 0 amide bonds. The number of hydrogen-bond donors (Lipinski definition) is 3. The van der Waals surface area contributed by atoms with Crippen molar-refractivity contribution in [1.29, 1.82) is 0 Å². The number of carbonyl (C=O) groups is 1. The largest absolute Gasteiger partial charge is 0.480 e. The molecule has 11 heteroatoms. The third-order valence-corrected chi connectivity index (χ3v) is 8.66. The number of aliphatic imine (C=N–C) groups is 1. The first-order valence-electron chi connectivity index (χ1n) is 14.5. The molecule has 2 aromatic carbocycles. The lowest BCUT2D eigenvalue weighted by Gasteiger charge is -2.35. The molecule has 1 saturated carbocycles. The Bertz CT molecular complexity index is 1520. The molecule has 1 aliphatic carbocycles. The fraction of sp³-hybridized carbons (Fsp3) is 0.394. The minimum atomic E-state index is -0.488. The van der Waals surface area contributed by atoms with Gasteiger partial charge in [0.2, 0.25) is 5.88 Å². The second kappa shape index (κ2) is 15.6. The van der Waals surface area contributed by atoms with Crippen LogP contribution in [0.5, 0.6) is 5.88 Å². The first kappa shape index (κ1) is 33.6. The molecule has 0 saturated heterocycles. The van der Waals surface area contributed by atoms with E-state index in [1.165, 1.54) is 7.11 Å². The number of nitrogens with two attached hydrogens (primary N) is 1. The molecule has 1 aliphatic rings. The Labute approximate surface area is 269 Å². The van der Waals surface area contributed by atoms with Crippen LogP contribution < -0.4 is 21.1 Å². The van der Waals surface area contributed by atoms with E-state index in [9.17, 15) is 4.79 Å². The van der Waals surface area contributed by atoms with Gasteiger partial charge in [-0.1, -0.05) is 66.2 Å². The van der Waals surface area contributed by atoms with Crippen molar-refractivity contribution in [3.63, 3.8) is 0 Å². The van der Waals surface area contributed by atoms with Gasteiger partial charge in [-0.15, -0.1) is 0 Å². The molecule has 0 aliphatic heterocycles. The van der Waals surface area contributed by atoms with Gasteiger partial charge in [0.25, 0.3) is 0 Å². The lowest BCUT2D eigenvalue weighted by molar-refractivity contribution is -0.118. The predicted octanol–water partition coefficient (Wildman–Crippen LogP) is 5.93. The summed E-state index contributed by atoms with van der Waals surface area (Å²) < 4.78 is 11.1. The van der Waals surface area contributed by atoms with Crippen LogP contribution in [0, 0.1) is 5.92 Å². The average molecular weight is 640 g/mol. The van der Waals surface area contributed by atoms with Crippen molar-refractivity contribution in [2.75, 3.05) is 27.8 Å². The van der Waals surface area contributed by atoms with Gasteiger partial charge in [0.15, 0.2) is 6.23 Å². The van der Waals surface area contributed by atoms with Crippen LogP contribution in [0.4, 0.5) is 0 Å². The highest BCUT2D eigenvalue weighted by molar-refractivity contribution is 6.38. The molecular weight excluding hydrogens is 599 g/mol. The van der Waals surface area contributed by atoms with Crippen LogP contribution in [0.15, 0.2) is 54.2 Å². The Morgan fingerprint density at radius 2 is 1.82 bits per heavy atom. The van der Waals surface area contributed by atoms with E-state index in [0.717, 1.165) is 36.2 Å². The molecule has 3 aromatic rings. The van der Waals surface area contributed by atoms with Gasteiger partial charge >= 0.3 is 0 Å². The lowest BCUT2D eigenvalue weighted by atomic mass is 9.77. The molecule has 1 atom stereocenters. The van der Waals surface area contributed by atoms with E-state index >= 15 is 0 Å². The highest BCUT2D eigenvalue weighted by atomic mass is 35.5. The number of ketones is 1. The van der Waals surface area contributed by atoms with E-state index in [4.69, 9.17) is 38.4 Å². The Kier molecular flexibility index (Phi) is 11.9. The van der Waals surface area contributed by atoms with E-state index in [0.29, 0.717) is 68.9 Å². The zero-order chi connectivity index (χ0) is 31.8.